The third-order valence-electron chi connectivity index (χ3n) is 1.00. The minimum absolute atomic E-state index is 0.0417. The molecule has 52 valence electrons. The lowest BCUT2D eigenvalue weighted by molar-refractivity contribution is -0.138. The minimum atomic E-state index is -0.908. The summed E-state index contributed by atoms with van der Waals surface area (Å²) in [6.07, 6.45) is 1.40. The Hall–Kier alpha value is -0.830. The normalized spacial score (nSPS) is 12.6. The summed E-state index contributed by atoms with van der Waals surface area (Å²) in [5.41, 5.74) is 0. The summed E-state index contributed by atoms with van der Waals surface area (Å²) in [5.74, 6) is -1.21. The van der Waals surface area contributed by atoms with Gasteiger partial charge in [0.25, 0.3) is 0 Å². The van der Waals surface area contributed by atoms with Crippen molar-refractivity contribution in [2.45, 2.75) is 6.42 Å². The number of carboxylic acids is 1. The smallest absolute Gasteiger partial charge is 0.304 e. The molecule has 0 bridgehead atoms. The molecule has 0 aliphatic rings. The third kappa shape index (κ3) is 3.73. The Kier molecular flexibility index (Phi) is 3.71. The van der Waals surface area contributed by atoms with Gasteiger partial charge in [0.05, 0.1) is 6.42 Å². The summed E-state index contributed by atoms with van der Waals surface area (Å²) in [7, 11) is 0. The van der Waals surface area contributed by atoms with Crippen molar-refractivity contribution in [3.05, 3.63) is 12.7 Å². The number of hydrogen-bond donors (Lipinski definition) is 2. The summed E-state index contributed by atoms with van der Waals surface area (Å²) in [4.78, 5) is 9.97. The van der Waals surface area contributed by atoms with Gasteiger partial charge in [-0.05, 0) is 0 Å². The first-order valence-corrected chi connectivity index (χ1v) is 2.66. The van der Waals surface area contributed by atoms with Crippen molar-refractivity contribution in [2.75, 3.05) is 6.61 Å². The number of carboxylic acid groups (broad SMARTS) is 1. The first kappa shape index (κ1) is 8.17. The van der Waals surface area contributed by atoms with E-state index in [1.807, 2.05) is 0 Å². The van der Waals surface area contributed by atoms with Gasteiger partial charge in [0.1, 0.15) is 0 Å². The molecule has 0 saturated carbocycles. The molecule has 0 aliphatic heterocycles. The summed E-state index contributed by atoms with van der Waals surface area (Å²) >= 11 is 0. The van der Waals surface area contributed by atoms with E-state index in [2.05, 4.69) is 6.58 Å². The predicted octanol–water partition coefficient (Wildman–Crippen LogP) is 0.256. The first-order valence-electron chi connectivity index (χ1n) is 2.66. The number of aliphatic hydroxyl groups is 1. The molecule has 0 amide bonds. The lowest BCUT2D eigenvalue weighted by Crippen LogP contribution is -2.08. The molecule has 0 fully saturated rings. The van der Waals surface area contributed by atoms with Gasteiger partial charge < -0.3 is 10.2 Å². The van der Waals surface area contributed by atoms with Crippen LogP contribution in [0.15, 0.2) is 12.7 Å². The average molecular weight is 130 g/mol. The molecule has 0 spiro atoms. The quantitative estimate of drug-likeness (QED) is 0.536. The van der Waals surface area contributed by atoms with Crippen molar-refractivity contribution in [3.63, 3.8) is 0 Å². The SMILES string of the molecule is C=C[C@@H](CO)CC(=O)O. The lowest BCUT2D eigenvalue weighted by atomic mass is 10.1. The van der Waals surface area contributed by atoms with E-state index in [-0.39, 0.29) is 18.9 Å². The fraction of sp³-hybridized carbons (Fsp3) is 0.500. The van der Waals surface area contributed by atoms with Gasteiger partial charge in [-0.15, -0.1) is 6.58 Å². The van der Waals surface area contributed by atoms with Crippen molar-refractivity contribution in [2.24, 2.45) is 5.92 Å². The van der Waals surface area contributed by atoms with Crippen LogP contribution < -0.4 is 0 Å². The molecule has 0 heterocycles. The molecule has 0 aromatic carbocycles. The summed E-state index contributed by atoms with van der Waals surface area (Å²) in [5, 5.41) is 16.6. The van der Waals surface area contributed by atoms with E-state index in [4.69, 9.17) is 10.2 Å². The monoisotopic (exact) mass is 130 g/mol. The zero-order valence-corrected chi connectivity index (χ0v) is 5.08. The van der Waals surface area contributed by atoms with Gasteiger partial charge in [-0.25, -0.2) is 0 Å². The molecule has 1 atom stereocenters. The number of hydrogen-bond acceptors (Lipinski definition) is 2. The van der Waals surface area contributed by atoms with Crippen LogP contribution in [-0.4, -0.2) is 22.8 Å². The van der Waals surface area contributed by atoms with Gasteiger partial charge in [-0.3, -0.25) is 4.79 Å². The summed E-state index contributed by atoms with van der Waals surface area (Å²) in [6, 6.07) is 0. The van der Waals surface area contributed by atoms with Crippen LogP contribution in [-0.2, 0) is 4.79 Å². The molecular formula is C6H10O3. The Morgan fingerprint density at radius 1 is 1.78 bits per heavy atom. The van der Waals surface area contributed by atoms with Crippen LogP contribution >= 0.6 is 0 Å². The summed E-state index contributed by atoms with van der Waals surface area (Å²) in [6.45, 7) is 3.22. The zero-order valence-electron chi connectivity index (χ0n) is 5.08. The van der Waals surface area contributed by atoms with Crippen molar-refractivity contribution in [1.29, 1.82) is 0 Å². The topological polar surface area (TPSA) is 57.5 Å². The number of aliphatic hydroxyl groups excluding tert-OH is 1. The van der Waals surface area contributed by atoms with E-state index in [0.717, 1.165) is 0 Å². The fourth-order valence-corrected chi connectivity index (χ4v) is 0.447. The molecule has 3 nitrogen and oxygen atoms in total. The Labute approximate surface area is 53.6 Å². The zero-order chi connectivity index (χ0) is 7.28. The molecule has 0 radical (unpaired) electrons. The van der Waals surface area contributed by atoms with Crippen LogP contribution in [0.2, 0.25) is 0 Å². The van der Waals surface area contributed by atoms with Crippen LogP contribution in [0.4, 0.5) is 0 Å². The largest absolute Gasteiger partial charge is 0.481 e. The minimum Gasteiger partial charge on any atom is -0.481 e. The molecule has 0 aromatic heterocycles. The van der Waals surface area contributed by atoms with Crippen molar-refractivity contribution in [1.82, 2.24) is 0 Å². The van der Waals surface area contributed by atoms with E-state index < -0.39 is 5.97 Å². The van der Waals surface area contributed by atoms with Crippen LogP contribution in [0.1, 0.15) is 6.42 Å². The van der Waals surface area contributed by atoms with E-state index >= 15 is 0 Å². The highest BCUT2D eigenvalue weighted by atomic mass is 16.4. The highest BCUT2D eigenvalue weighted by Gasteiger charge is 2.06. The highest BCUT2D eigenvalue weighted by molar-refractivity contribution is 5.67. The molecule has 0 unspecified atom stereocenters. The van der Waals surface area contributed by atoms with Crippen LogP contribution in [0.5, 0.6) is 0 Å². The van der Waals surface area contributed by atoms with Crippen LogP contribution in [0, 0.1) is 5.92 Å². The van der Waals surface area contributed by atoms with Gasteiger partial charge >= 0.3 is 5.97 Å². The molecule has 0 aromatic rings. The maximum atomic E-state index is 9.97. The molecule has 2 N–H and O–H groups in total. The van der Waals surface area contributed by atoms with Crippen molar-refractivity contribution < 1.29 is 15.0 Å². The second-order valence-electron chi connectivity index (χ2n) is 1.78. The standard InChI is InChI=1S/C6H10O3/c1-2-5(4-7)3-6(8)9/h2,5,7H,1,3-4H2,(H,8,9)/t5-/m1/s1. The molecular weight excluding hydrogens is 120 g/mol. The highest BCUT2D eigenvalue weighted by Crippen LogP contribution is 2.01. The molecule has 0 rings (SSSR count). The Morgan fingerprint density at radius 3 is 2.44 bits per heavy atom. The van der Waals surface area contributed by atoms with Gasteiger partial charge in [-0.1, -0.05) is 6.08 Å². The summed E-state index contributed by atoms with van der Waals surface area (Å²) < 4.78 is 0. The first-order chi connectivity index (χ1) is 4.20. The Morgan fingerprint density at radius 2 is 2.33 bits per heavy atom. The van der Waals surface area contributed by atoms with E-state index in [1.165, 1.54) is 6.08 Å². The number of aliphatic carboxylic acids is 1. The van der Waals surface area contributed by atoms with Crippen molar-refractivity contribution in [3.8, 4) is 0 Å². The third-order valence-corrected chi connectivity index (χ3v) is 1.00. The van der Waals surface area contributed by atoms with E-state index in [0.29, 0.717) is 0 Å². The van der Waals surface area contributed by atoms with Crippen LogP contribution in [0.25, 0.3) is 0 Å². The van der Waals surface area contributed by atoms with Crippen LogP contribution in [0.3, 0.4) is 0 Å². The second kappa shape index (κ2) is 4.09. The maximum Gasteiger partial charge on any atom is 0.304 e. The van der Waals surface area contributed by atoms with E-state index in [1.54, 1.807) is 0 Å². The Bertz CT molecular complexity index is 109. The molecule has 0 aliphatic carbocycles. The number of rotatable bonds is 4. The fourth-order valence-electron chi connectivity index (χ4n) is 0.447. The predicted molar refractivity (Wildman–Crippen MR) is 33.0 cm³/mol. The van der Waals surface area contributed by atoms with Gasteiger partial charge in [0.2, 0.25) is 0 Å². The van der Waals surface area contributed by atoms with Gasteiger partial charge in [0.15, 0.2) is 0 Å². The van der Waals surface area contributed by atoms with Gasteiger partial charge in [-0.2, -0.15) is 0 Å². The molecule has 3 heteroatoms. The number of carbonyl (C=O) groups is 1. The molecule has 0 saturated heterocycles. The second-order valence-corrected chi connectivity index (χ2v) is 1.78. The Balaban J connectivity index is 3.55. The maximum absolute atomic E-state index is 9.97. The van der Waals surface area contributed by atoms with Crippen molar-refractivity contribution >= 4 is 5.97 Å². The van der Waals surface area contributed by atoms with E-state index in [9.17, 15) is 4.79 Å². The molecule has 9 heavy (non-hydrogen) atoms. The van der Waals surface area contributed by atoms with Gasteiger partial charge in [0, 0.05) is 12.5 Å². The average Bonchev–Trinajstić information content (AvgIpc) is 1.82. The lowest BCUT2D eigenvalue weighted by Gasteiger charge is -2.02.